The highest BCUT2D eigenvalue weighted by molar-refractivity contribution is 6.34. The molecule has 5 heteroatoms. The highest BCUT2D eigenvalue weighted by Gasteiger charge is 2.23. The third-order valence-corrected chi connectivity index (χ3v) is 4.37. The molecule has 0 aromatic heterocycles. The fourth-order valence-electron chi connectivity index (χ4n) is 2.86. The van der Waals surface area contributed by atoms with Crippen LogP contribution in [0.15, 0.2) is 12.1 Å². The molecule has 0 saturated heterocycles. The van der Waals surface area contributed by atoms with Crippen molar-refractivity contribution in [3.8, 4) is 0 Å². The van der Waals surface area contributed by atoms with E-state index >= 15 is 0 Å². The molecule has 2 atom stereocenters. The first kappa shape index (κ1) is 15.0. The van der Waals surface area contributed by atoms with Crippen LogP contribution in [0.4, 0.5) is 11.4 Å². The highest BCUT2D eigenvalue weighted by atomic mass is 35.5. The second-order valence-electron chi connectivity index (χ2n) is 5.66. The van der Waals surface area contributed by atoms with Crippen LogP contribution >= 0.6 is 11.6 Å². The fraction of sp³-hybridized carbons (Fsp3) is 0.533. The lowest BCUT2D eigenvalue weighted by Crippen LogP contribution is -2.28. The standard InChI is InChI=1S/C15H22ClN3O/c1-9-5-3-2-4-6-13(9)19-14-11(15(18)20)7-10(17)8-12(14)16/h7-9,13,19H,2-6,17H2,1H3,(H2,18,20). The lowest BCUT2D eigenvalue weighted by atomic mass is 9.96. The van der Waals surface area contributed by atoms with Crippen molar-refractivity contribution in [3.05, 3.63) is 22.7 Å². The molecule has 5 N–H and O–H groups in total. The molecule has 110 valence electrons. The molecule has 20 heavy (non-hydrogen) atoms. The van der Waals surface area contributed by atoms with Gasteiger partial charge in [-0.1, -0.05) is 37.8 Å². The molecule has 1 aromatic carbocycles. The van der Waals surface area contributed by atoms with Gasteiger partial charge in [-0.15, -0.1) is 0 Å². The number of amides is 1. The van der Waals surface area contributed by atoms with Crippen LogP contribution in [0.25, 0.3) is 0 Å². The molecule has 1 aliphatic rings. The Bertz CT molecular complexity index is 504. The van der Waals surface area contributed by atoms with Crippen molar-refractivity contribution in [1.29, 1.82) is 0 Å². The van der Waals surface area contributed by atoms with E-state index in [2.05, 4.69) is 12.2 Å². The molecule has 1 aliphatic carbocycles. The Hall–Kier alpha value is -1.42. The maximum atomic E-state index is 11.6. The number of halogens is 1. The summed E-state index contributed by atoms with van der Waals surface area (Å²) in [5.74, 6) is 0.0369. The Morgan fingerprint density at radius 3 is 2.70 bits per heavy atom. The highest BCUT2D eigenvalue weighted by Crippen LogP contribution is 2.33. The number of hydrogen-bond acceptors (Lipinski definition) is 3. The van der Waals surface area contributed by atoms with E-state index < -0.39 is 5.91 Å². The van der Waals surface area contributed by atoms with Crippen molar-refractivity contribution in [3.63, 3.8) is 0 Å². The molecule has 1 saturated carbocycles. The van der Waals surface area contributed by atoms with Crippen LogP contribution in [0.1, 0.15) is 49.4 Å². The summed E-state index contributed by atoms with van der Waals surface area (Å²) in [6.45, 7) is 2.23. The average molecular weight is 296 g/mol. The second kappa shape index (κ2) is 6.35. The van der Waals surface area contributed by atoms with Crippen molar-refractivity contribution in [1.82, 2.24) is 0 Å². The molecule has 1 amide bonds. The summed E-state index contributed by atoms with van der Waals surface area (Å²) in [5.41, 5.74) is 12.6. The van der Waals surface area contributed by atoms with Crippen LogP contribution in [0, 0.1) is 5.92 Å². The van der Waals surface area contributed by atoms with Gasteiger partial charge in [0, 0.05) is 11.7 Å². The zero-order valence-electron chi connectivity index (χ0n) is 11.8. The van der Waals surface area contributed by atoms with Crippen molar-refractivity contribution in [2.75, 3.05) is 11.1 Å². The number of benzene rings is 1. The summed E-state index contributed by atoms with van der Waals surface area (Å²) in [5, 5.41) is 3.88. The van der Waals surface area contributed by atoms with Crippen LogP contribution in [-0.2, 0) is 0 Å². The summed E-state index contributed by atoms with van der Waals surface area (Å²) < 4.78 is 0. The molecule has 1 aromatic rings. The van der Waals surface area contributed by atoms with Gasteiger partial charge in [-0.3, -0.25) is 4.79 Å². The first-order valence-corrected chi connectivity index (χ1v) is 7.52. The molecule has 4 nitrogen and oxygen atoms in total. The van der Waals surface area contributed by atoms with Gasteiger partial charge in [0.25, 0.3) is 5.91 Å². The van der Waals surface area contributed by atoms with E-state index in [-0.39, 0.29) is 0 Å². The van der Waals surface area contributed by atoms with Gasteiger partial charge in [0.2, 0.25) is 0 Å². The lowest BCUT2D eigenvalue weighted by Gasteiger charge is -2.25. The molecule has 0 bridgehead atoms. The number of nitrogen functional groups attached to an aromatic ring is 1. The van der Waals surface area contributed by atoms with E-state index in [4.69, 9.17) is 23.1 Å². The SMILES string of the molecule is CC1CCCCCC1Nc1c(Cl)cc(N)cc1C(N)=O. The van der Waals surface area contributed by atoms with Crippen molar-refractivity contribution >= 4 is 28.9 Å². The van der Waals surface area contributed by atoms with E-state index in [0.29, 0.717) is 33.9 Å². The first-order chi connectivity index (χ1) is 9.49. The van der Waals surface area contributed by atoms with Crippen molar-refractivity contribution in [2.24, 2.45) is 11.7 Å². The summed E-state index contributed by atoms with van der Waals surface area (Å²) in [7, 11) is 0. The summed E-state index contributed by atoms with van der Waals surface area (Å²) in [6.07, 6.45) is 5.99. The Labute approximate surface area is 124 Å². The number of rotatable bonds is 3. The quantitative estimate of drug-likeness (QED) is 0.590. The van der Waals surface area contributed by atoms with Crippen LogP contribution < -0.4 is 16.8 Å². The Kier molecular flexibility index (Phi) is 4.76. The van der Waals surface area contributed by atoms with Crippen molar-refractivity contribution in [2.45, 2.75) is 45.1 Å². The summed E-state index contributed by atoms with van der Waals surface area (Å²) in [6, 6.07) is 3.55. The normalized spacial score (nSPS) is 23.1. The van der Waals surface area contributed by atoms with E-state index in [0.717, 1.165) is 6.42 Å². The van der Waals surface area contributed by atoms with Gasteiger partial charge in [-0.05, 0) is 30.9 Å². The van der Waals surface area contributed by atoms with E-state index in [9.17, 15) is 4.79 Å². The average Bonchev–Trinajstić information content (AvgIpc) is 2.57. The summed E-state index contributed by atoms with van der Waals surface area (Å²) in [4.78, 5) is 11.6. The maximum Gasteiger partial charge on any atom is 0.250 e. The zero-order valence-corrected chi connectivity index (χ0v) is 12.5. The molecule has 2 rings (SSSR count). The minimum Gasteiger partial charge on any atom is -0.399 e. The lowest BCUT2D eigenvalue weighted by molar-refractivity contribution is 0.100. The maximum absolute atomic E-state index is 11.6. The van der Waals surface area contributed by atoms with Crippen LogP contribution in [0.3, 0.4) is 0 Å². The number of carbonyl (C=O) groups excluding carboxylic acids is 1. The van der Waals surface area contributed by atoms with E-state index in [1.165, 1.54) is 25.7 Å². The number of primary amides is 1. The number of nitrogens with one attached hydrogen (secondary N) is 1. The topological polar surface area (TPSA) is 81.1 Å². The number of carbonyl (C=O) groups is 1. The van der Waals surface area contributed by atoms with Gasteiger partial charge >= 0.3 is 0 Å². The predicted octanol–water partition coefficient (Wildman–Crippen LogP) is 3.40. The van der Waals surface area contributed by atoms with Crippen molar-refractivity contribution < 1.29 is 4.79 Å². The number of hydrogen-bond donors (Lipinski definition) is 3. The van der Waals surface area contributed by atoms with Gasteiger partial charge in [-0.25, -0.2) is 0 Å². The number of nitrogens with two attached hydrogens (primary N) is 2. The fourth-order valence-corrected chi connectivity index (χ4v) is 3.14. The largest absolute Gasteiger partial charge is 0.399 e. The van der Waals surface area contributed by atoms with Gasteiger partial charge < -0.3 is 16.8 Å². The molecular weight excluding hydrogens is 274 g/mol. The van der Waals surface area contributed by atoms with Crippen LogP contribution in [-0.4, -0.2) is 11.9 Å². The van der Waals surface area contributed by atoms with Crippen LogP contribution in [0.5, 0.6) is 0 Å². The smallest absolute Gasteiger partial charge is 0.250 e. The molecular formula is C15H22ClN3O. The molecule has 2 unspecified atom stereocenters. The van der Waals surface area contributed by atoms with E-state index in [1.807, 2.05) is 0 Å². The van der Waals surface area contributed by atoms with Gasteiger partial charge in [0.1, 0.15) is 0 Å². The van der Waals surface area contributed by atoms with Gasteiger partial charge in [0.15, 0.2) is 0 Å². The minimum absolute atomic E-state index is 0.316. The Morgan fingerprint density at radius 2 is 2.00 bits per heavy atom. The molecule has 0 radical (unpaired) electrons. The predicted molar refractivity (Wildman–Crippen MR) is 84.0 cm³/mol. The zero-order chi connectivity index (χ0) is 14.7. The third-order valence-electron chi connectivity index (χ3n) is 4.07. The second-order valence-corrected chi connectivity index (χ2v) is 6.06. The monoisotopic (exact) mass is 295 g/mol. The Morgan fingerprint density at radius 1 is 1.30 bits per heavy atom. The Balaban J connectivity index is 2.29. The molecule has 0 aliphatic heterocycles. The van der Waals surface area contributed by atoms with Crippen LogP contribution in [0.2, 0.25) is 5.02 Å². The molecule has 0 heterocycles. The van der Waals surface area contributed by atoms with Gasteiger partial charge in [-0.2, -0.15) is 0 Å². The van der Waals surface area contributed by atoms with Gasteiger partial charge in [0.05, 0.1) is 16.3 Å². The third kappa shape index (κ3) is 3.37. The summed E-state index contributed by atoms with van der Waals surface area (Å²) >= 11 is 6.24. The number of anilines is 2. The van der Waals surface area contributed by atoms with E-state index in [1.54, 1.807) is 12.1 Å². The minimum atomic E-state index is -0.511. The molecule has 0 spiro atoms. The molecule has 1 fully saturated rings. The first-order valence-electron chi connectivity index (χ1n) is 7.14.